The van der Waals surface area contributed by atoms with Gasteiger partial charge in [0.1, 0.15) is 5.75 Å². The molecule has 0 aliphatic heterocycles. The first-order valence-corrected chi connectivity index (χ1v) is 7.92. The lowest BCUT2D eigenvalue weighted by Gasteiger charge is -2.13. The van der Waals surface area contributed by atoms with E-state index in [0.29, 0.717) is 15.8 Å². The number of ether oxygens (including phenoxy) is 1. The van der Waals surface area contributed by atoms with Gasteiger partial charge in [-0.15, -0.1) is 0 Å². The quantitative estimate of drug-likeness (QED) is 0.529. The molecule has 0 saturated heterocycles. The Kier molecular flexibility index (Phi) is 5.18. The van der Waals surface area contributed by atoms with Crippen molar-refractivity contribution in [3.8, 4) is 5.75 Å². The molecule has 0 aliphatic carbocycles. The first-order valence-electron chi connectivity index (χ1n) is 5.45. The fourth-order valence-corrected chi connectivity index (χ4v) is 2.97. The summed E-state index contributed by atoms with van der Waals surface area (Å²) in [6, 6.07) is 11.6. The number of halogens is 4. The molecule has 0 amide bonds. The van der Waals surface area contributed by atoms with Crippen LogP contribution >= 0.6 is 55.1 Å². The third-order valence-corrected chi connectivity index (χ3v) is 5.29. The Morgan fingerprint density at radius 2 is 1.58 bits per heavy atom. The van der Waals surface area contributed by atoms with E-state index in [9.17, 15) is 0 Å². The molecule has 0 radical (unpaired) electrons. The molecule has 0 spiro atoms. The molecule has 2 aromatic rings. The Hall–Kier alpha value is -0.220. The summed E-state index contributed by atoms with van der Waals surface area (Å²) in [5.74, 6) is 0.666. The smallest absolute Gasteiger partial charge is 0.137 e. The van der Waals surface area contributed by atoms with Gasteiger partial charge in [-0.1, -0.05) is 51.3 Å². The van der Waals surface area contributed by atoms with E-state index in [1.807, 2.05) is 36.4 Å². The van der Waals surface area contributed by atoms with Crippen molar-refractivity contribution < 1.29 is 4.74 Å². The zero-order chi connectivity index (χ0) is 14.0. The second kappa shape index (κ2) is 6.49. The highest BCUT2D eigenvalue weighted by molar-refractivity contribution is 9.10. The number of alkyl halides is 1. The maximum Gasteiger partial charge on any atom is 0.137 e. The molecule has 0 heterocycles. The molecule has 2 rings (SSSR count). The predicted molar refractivity (Wildman–Crippen MR) is 87.9 cm³/mol. The average Bonchev–Trinajstić information content (AvgIpc) is 2.41. The van der Waals surface area contributed by atoms with Gasteiger partial charge in [0.15, 0.2) is 0 Å². The van der Waals surface area contributed by atoms with Gasteiger partial charge in [0.2, 0.25) is 0 Å². The fourth-order valence-electron chi connectivity index (χ4n) is 1.70. The normalized spacial score (nSPS) is 12.3. The summed E-state index contributed by atoms with van der Waals surface area (Å²) in [4.78, 5) is 0.0292. The molecule has 0 aliphatic rings. The Morgan fingerprint density at radius 3 is 2.11 bits per heavy atom. The SMILES string of the molecule is COc1ccc(C(Br)c2ccc(Br)c(Cl)c2)cc1Cl. The monoisotopic (exact) mass is 422 g/mol. The fraction of sp³-hybridized carbons (Fsp3) is 0.143. The van der Waals surface area contributed by atoms with Gasteiger partial charge < -0.3 is 4.74 Å². The van der Waals surface area contributed by atoms with E-state index < -0.39 is 0 Å². The van der Waals surface area contributed by atoms with E-state index in [-0.39, 0.29) is 4.83 Å². The van der Waals surface area contributed by atoms with Crippen LogP contribution in [0.2, 0.25) is 10.0 Å². The van der Waals surface area contributed by atoms with Crippen molar-refractivity contribution in [2.45, 2.75) is 4.83 Å². The van der Waals surface area contributed by atoms with Gasteiger partial charge >= 0.3 is 0 Å². The van der Waals surface area contributed by atoms with Crippen molar-refractivity contribution in [1.29, 1.82) is 0 Å². The van der Waals surface area contributed by atoms with Crippen LogP contribution < -0.4 is 4.74 Å². The van der Waals surface area contributed by atoms with Crippen LogP contribution in [0.1, 0.15) is 16.0 Å². The molecule has 1 nitrogen and oxygen atoms in total. The van der Waals surface area contributed by atoms with E-state index in [0.717, 1.165) is 15.6 Å². The molecule has 2 aromatic carbocycles. The Morgan fingerprint density at radius 1 is 1.00 bits per heavy atom. The standard InChI is InChI=1S/C14H10Br2Cl2O/c1-19-13-5-3-9(7-12(13)18)14(16)8-2-4-10(15)11(17)6-8/h2-7,14H,1H3. The number of benzene rings is 2. The predicted octanol–water partition coefficient (Wildman–Crippen LogP) is 6.25. The first-order chi connectivity index (χ1) is 9.02. The van der Waals surface area contributed by atoms with E-state index in [1.54, 1.807) is 7.11 Å². The second-order valence-corrected chi connectivity index (χ2v) is 6.51. The van der Waals surface area contributed by atoms with Crippen molar-refractivity contribution >= 4 is 55.1 Å². The summed E-state index contributed by atoms with van der Waals surface area (Å²) >= 11 is 19.3. The lowest BCUT2D eigenvalue weighted by molar-refractivity contribution is 0.415. The molecule has 5 heteroatoms. The largest absolute Gasteiger partial charge is 0.495 e. The minimum absolute atomic E-state index is 0.0292. The third-order valence-electron chi connectivity index (χ3n) is 2.70. The Bertz CT molecular complexity index is 602. The average molecular weight is 425 g/mol. The van der Waals surface area contributed by atoms with Gasteiger partial charge in [-0.3, -0.25) is 0 Å². The van der Waals surface area contributed by atoms with Crippen LogP contribution in [-0.4, -0.2) is 7.11 Å². The molecule has 1 atom stereocenters. The van der Waals surface area contributed by atoms with Gasteiger partial charge in [0, 0.05) is 4.47 Å². The van der Waals surface area contributed by atoms with Crippen LogP contribution in [0.4, 0.5) is 0 Å². The third kappa shape index (κ3) is 3.46. The van der Waals surface area contributed by atoms with Crippen LogP contribution in [0.25, 0.3) is 0 Å². The molecule has 1 unspecified atom stereocenters. The molecule has 0 N–H and O–H groups in total. The molecular weight excluding hydrogens is 415 g/mol. The minimum atomic E-state index is 0.0292. The molecule has 0 bridgehead atoms. The van der Waals surface area contributed by atoms with Crippen molar-refractivity contribution in [2.24, 2.45) is 0 Å². The van der Waals surface area contributed by atoms with E-state index in [4.69, 9.17) is 27.9 Å². The molecule has 0 aromatic heterocycles. The summed E-state index contributed by atoms with van der Waals surface area (Å²) in [5.41, 5.74) is 2.11. The van der Waals surface area contributed by atoms with E-state index in [1.165, 1.54) is 0 Å². The summed E-state index contributed by atoms with van der Waals surface area (Å²) in [6.07, 6.45) is 0. The molecule has 100 valence electrons. The summed E-state index contributed by atoms with van der Waals surface area (Å²) in [7, 11) is 1.60. The highest BCUT2D eigenvalue weighted by Gasteiger charge is 2.13. The summed E-state index contributed by atoms with van der Waals surface area (Å²) < 4.78 is 6.03. The van der Waals surface area contributed by atoms with Crippen LogP contribution in [0.15, 0.2) is 40.9 Å². The summed E-state index contributed by atoms with van der Waals surface area (Å²) in [6.45, 7) is 0. The van der Waals surface area contributed by atoms with Gasteiger partial charge in [-0.05, 0) is 51.3 Å². The number of hydrogen-bond donors (Lipinski definition) is 0. The van der Waals surface area contributed by atoms with E-state index >= 15 is 0 Å². The number of rotatable bonds is 3. The lowest BCUT2D eigenvalue weighted by Crippen LogP contribution is -1.94. The van der Waals surface area contributed by atoms with Crippen LogP contribution in [0.3, 0.4) is 0 Å². The maximum atomic E-state index is 6.14. The summed E-state index contributed by atoms with van der Waals surface area (Å²) in [5, 5.41) is 1.27. The van der Waals surface area contributed by atoms with Crippen LogP contribution in [-0.2, 0) is 0 Å². The van der Waals surface area contributed by atoms with Gasteiger partial charge in [-0.25, -0.2) is 0 Å². The Labute approximate surface area is 139 Å². The first kappa shape index (κ1) is 15.2. The molecular formula is C14H10Br2Cl2O. The topological polar surface area (TPSA) is 9.23 Å². The van der Waals surface area contributed by atoms with Crippen molar-refractivity contribution in [3.63, 3.8) is 0 Å². The second-order valence-electron chi connectivity index (χ2n) is 3.93. The van der Waals surface area contributed by atoms with Gasteiger partial charge in [-0.2, -0.15) is 0 Å². The zero-order valence-electron chi connectivity index (χ0n) is 9.96. The van der Waals surface area contributed by atoms with E-state index in [2.05, 4.69) is 31.9 Å². The van der Waals surface area contributed by atoms with Crippen LogP contribution in [0.5, 0.6) is 5.75 Å². The number of hydrogen-bond acceptors (Lipinski definition) is 1. The van der Waals surface area contributed by atoms with Crippen molar-refractivity contribution in [2.75, 3.05) is 7.11 Å². The number of methoxy groups -OCH3 is 1. The maximum absolute atomic E-state index is 6.14. The van der Waals surface area contributed by atoms with Crippen molar-refractivity contribution in [3.05, 3.63) is 62.0 Å². The van der Waals surface area contributed by atoms with Crippen molar-refractivity contribution in [1.82, 2.24) is 0 Å². The van der Waals surface area contributed by atoms with Crippen LogP contribution in [0, 0.1) is 0 Å². The zero-order valence-corrected chi connectivity index (χ0v) is 14.6. The molecule has 19 heavy (non-hydrogen) atoms. The molecule has 0 saturated carbocycles. The highest BCUT2D eigenvalue weighted by Crippen LogP contribution is 2.37. The van der Waals surface area contributed by atoms with Gasteiger partial charge in [0.25, 0.3) is 0 Å². The lowest BCUT2D eigenvalue weighted by atomic mass is 10.0. The minimum Gasteiger partial charge on any atom is -0.495 e. The highest BCUT2D eigenvalue weighted by atomic mass is 79.9. The molecule has 0 fully saturated rings. The Balaban J connectivity index is 2.35. The van der Waals surface area contributed by atoms with Gasteiger partial charge in [0.05, 0.1) is 22.0 Å².